The van der Waals surface area contributed by atoms with Gasteiger partial charge in [0, 0.05) is 23.2 Å². The fourth-order valence-corrected chi connectivity index (χ4v) is 4.11. The Labute approximate surface area is 176 Å². The maximum Gasteiger partial charge on any atom is 0.265 e. The molecule has 8 heteroatoms. The number of aromatic nitrogens is 2. The minimum atomic E-state index is -0.317. The monoisotopic (exact) mass is 422 g/mol. The van der Waals surface area contributed by atoms with Gasteiger partial charge in [-0.05, 0) is 55.5 Å². The molecule has 2 heterocycles. The van der Waals surface area contributed by atoms with Gasteiger partial charge in [0.05, 0.1) is 16.3 Å². The summed E-state index contributed by atoms with van der Waals surface area (Å²) >= 11 is 1.31. The van der Waals surface area contributed by atoms with Crippen LogP contribution in [0.5, 0.6) is 0 Å². The van der Waals surface area contributed by atoms with E-state index in [0.717, 1.165) is 21.6 Å². The van der Waals surface area contributed by atoms with Gasteiger partial charge in [-0.15, -0.1) is 11.3 Å². The van der Waals surface area contributed by atoms with E-state index < -0.39 is 0 Å². The second-order valence-corrected chi connectivity index (χ2v) is 7.77. The quantitative estimate of drug-likeness (QED) is 0.468. The number of carbonyl (C=O) groups excluding carboxylic acids is 2. The molecule has 0 aliphatic carbocycles. The Hall–Kier alpha value is -3.52. The molecule has 0 aliphatic rings. The van der Waals surface area contributed by atoms with Crippen molar-refractivity contribution in [3.05, 3.63) is 71.0 Å². The van der Waals surface area contributed by atoms with E-state index in [-0.39, 0.29) is 17.6 Å². The summed E-state index contributed by atoms with van der Waals surface area (Å²) in [5.74, 6) is -0.661. The molecule has 4 rings (SSSR count). The van der Waals surface area contributed by atoms with E-state index in [1.807, 2.05) is 6.92 Å². The summed E-state index contributed by atoms with van der Waals surface area (Å²) in [5.41, 5.74) is 2.72. The lowest BCUT2D eigenvalue weighted by Crippen LogP contribution is -2.12. The van der Waals surface area contributed by atoms with Crippen molar-refractivity contribution in [2.75, 3.05) is 10.6 Å². The Morgan fingerprint density at radius 1 is 1.07 bits per heavy atom. The van der Waals surface area contributed by atoms with Crippen LogP contribution in [-0.2, 0) is 4.79 Å². The second kappa shape index (κ2) is 8.08. The van der Waals surface area contributed by atoms with Crippen molar-refractivity contribution in [2.45, 2.75) is 20.3 Å². The van der Waals surface area contributed by atoms with Gasteiger partial charge in [-0.25, -0.2) is 9.07 Å². The van der Waals surface area contributed by atoms with Gasteiger partial charge >= 0.3 is 0 Å². The molecular weight excluding hydrogens is 403 g/mol. The van der Waals surface area contributed by atoms with Gasteiger partial charge in [0.25, 0.3) is 5.91 Å². The van der Waals surface area contributed by atoms with Crippen molar-refractivity contribution in [1.82, 2.24) is 9.78 Å². The van der Waals surface area contributed by atoms with Gasteiger partial charge < -0.3 is 10.6 Å². The van der Waals surface area contributed by atoms with E-state index in [2.05, 4.69) is 15.7 Å². The molecule has 2 N–H and O–H groups in total. The maximum atomic E-state index is 13.3. The number of nitrogens with zero attached hydrogens (tertiary/aromatic N) is 2. The number of anilines is 2. The number of nitrogens with one attached hydrogen (secondary N) is 2. The molecule has 0 radical (unpaired) electrons. The molecule has 30 heavy (non-hydrogen) atoms. The highest BCUT2D eigenvalue weighted by Crippen LogP contribution is 2.31. The van der Waals surface area contributed by atoms with Crippen LogP contribution in [0.4, 0.5) is 15.8 Å². The first-order chi connectivity index (χ1) is 14.4. The zero-order valence-corrected chi connectivity index (χ0v) is 17.2. The first-order valence-electron chi connectivity index (χ1n) is 9.41. The highest BCUT2D eigenvalue weighted by Gasteiger charge is 2.17. The third-order valence-corrected chi connectivity index (χ3v) is 5.67. The molecule has 0 saturated heterocycles. The standard InChI is InChI=1S/C22H19FN4O2S/c1-3-20(28)24-15-5-4-6-16(11-15)25-21(29)19-12-18-13(2)26-27(22(18)30-19)17-9-7-14(23)8-10-17/h4-12H,3H2,1-2H3,(H,24,28)(H,25,29). The molecule has 0 bridgehead atoms. The predicted octanol–water partition coefficient (Wildman–Crippen LogP) is 5.14. The molecule has 4 aromatic rings. The summed E-state index contributed by atoms with van der Waals surface area (Å²) in [6, 6.07) is 14.9. The van der Waals surface area contributed by atoms with E-state index in [9.17, 15) is 14.0 Å². The largest absolute Gasteiger partial charge is 0.326 e. The molecule has 0 spiro atoms. The van der Waals surface area contributed by atoms with Crippen LogP contribution in [0.2, 0.25) is 0 Å². The lowest BCUT2D eigenvalue weighted by Gasteiger charge is -2.07. The zero-order valence-electron chi connectivity index (χ0n) is 16.4. The minimum Gasteiger partial charge on any atom is -0.326 e. The summed E-state index contributed by atoms with van der Waals surface area (Å²) < 4.78 is 15.0. The van der Waals surface area contributed by atoms with Crippen LogP contribution in [0.15, 0.2) is 54.6 Å². The number of fused-ring (bicyclic) bond motifs is 1. The third kappa shape index (κ3) is 3.95. The molecule has 0 aliphatic heterocycles. The van der Waals surface area contributed by atoms with Gasteiger partial charge in [-0.2, -0.15) is 5.10 Å². The normalized spacial score (nSPS) is 10.9. The van der Waals surface area contributed by atoms with Crippen LogP contribution < -0.4 is 10.6 Å². The van der Waals surface area contributed by atoms with E-state index in [1.165, 1.54) is 23.5 Å². The Morgan fingerprint density at radius 3 is 2.47 bits per heavy atom. The lowest BCUT2D eigenvalue weighted by atomic mass is 10.2. The smallest absolute Gasteiger partial charge is 0.265 e. The topological polar surface area (TPSA) is 76.0 Å². The van der Waals surface area contributed by atoms with Crippen LogP contribution >= 0.6 is 11.3 Å². The molecular formula is C22H19FN4O2S. The van der Waals surface area contributed by atoms with Crippen molar-refractivity contribution >= 4 is 44.7 Å². The van der Waals surface area contributed by atoms with E-state index in [1.54, 1.807) is 54.1 Å². The Kier molecular flexibility index (Phi) is 5.33. The molecule has 152 valence electrons. The van der Waals surface area contributed by atoms with Crippen molar-refractivity contribution in [2.24, 2.45) is 0 Å². The van der Waals surface area contributed by atoms with Gasteiger partial charge in [0.1, 0.15) is 10.6 Å². The number of carbonyl (C=O) groups is 2. The fourth-order valence-electron chi connectivity index (χ4n) is 3.03. The maximum absolute atomic E-state index is 13.3. The number of halogens is 1. The molecule has 0 saturated carbocycles. The van der Waals surface area contributed by atoms with Gasteiger partial charge in [-0.1, -0.05) is 13.0 Å². The highest BCUT2D eigenvalue weighted by atomic mass is 32.1. The number of thiophene rings is 1. The average molecular weight is 422 g/mol. The van der Waals surface area contributed by atoms with Crippen molar-refractivity contribution in [1.29, 1.82) is 0 Å². The van der Waals surface area contributed by atoms with Crippen molar-refractivity contribution < 1.29 is 14.0 Å². The second-order valence-electron chi connectivity index (χ2n) is 6.74. The molecule has 2 amide bonds. The highest BCUT2D eigenvalue weighted by molar-refractivity contribution is 7.20. The molecule has 0 unspecified atom stereocenters. The number of amides is 2. The number of hydrogen-bond acceptors (Lipinski definition) is 4. The zero-order chi connectivity index (χ0) is 21.3. The Balaban J connectivity index is 1.60. The summed E-state index contributed by atoms with van der Waals surface area (Å²) in [5, 5.41) is 11.0. The molecule has 2 aromatic heterocycles. The van der Waals surface area contributed by atoms with E-state index in [4.69, 9.17) is 0 Å². The Morgan fingerprint density at radius 2 is 1.77 bits per heavy atom. The molecule has 0 fully saturated rings. The summed E-state index contributed by atoms with van der Waals surface area (Å²) in [6.07, 6.45) is 0.378. The first kappa shape index (κ1) is 19.8. The van der Waals surface area contributed by atoms with Crippen LogP contribution in [-0.4, -0.2) is 21.6 Å². The van der Waals surface area contributed by atoms with Crippen molar-refractivity contribution in [3.8, 4) is 5.69 Å². The summed E-state index contributed by atoms with van der Waals surface area (Å²) in [7, 11) is 0. The van der Waals surface area contributed by atoms with Crippen LogP contribution in [0.3, 0.4) is 0 Å². The van der Waals surface area contributed by atoms with Crippen LogP contribution in [0, 0.1) is 12.7 Å². The number of aryl methyl sites for hydroxylation is 1. The summed E-state index contributed by atoms with van der Waals surface area (Å²) in [4.78, 5) is 25.7. The lowest BCUT2D eigenvalue weighted by molar-refractivity contribution is -0.115. The fraction of sp³-hybridized carbons (Fsp3) is 0.136. The van der Waals surface area contributed by atoms with E-state index >= 15 is 0 Å². The van der Waals surface area contributed by atoms with E-state index in [0.29, 0.717) is 22.7 Å². The Bertz CT molecular complexity index is 1240. The molecule has 2 aromatic carbocycles. The summed E-state index contributed by atoms with van der Waals surface area (Å²) in [6.45, 7) is 3.65. The molecule has 6 nitrogen and oxygen atoms in total. The minimum absolute atomic E-state index is 0.0937. The van der Waals surface area contributed by atoms with Gasteiger partial charge in [0.15, 0.2) is 0 Å². The number of benzene rings is 2. The third-order valence-electron chi connectivity index (χ3n) is 4.56. The number of hydrogen-bond donors (Lipinski definition) is 2. The SMILES string of the molecule is CCC(=O)Nc1cccc(NC(=O)c2cc3c(C)nn(-c4ccc(F)cc4)c3s2)c1. The first-order valence-corrected chi connectivity index (χ1v) is 10.2. The van der Waals surface area contributed by atoms with Gasteiger partial charge in [0.2, 0.25) is 5.91 Å². The van der Waals surface area contributed by atoms with Crippen LogP contribution in [0.1, 0.15) is 28.7 Å². The van der Waals surface area contributed by atoms with Gasteiger partial charge in [-0.3, -0.25) is 9.59 Å². The molecule has 0 atom stereocenters. The van der Waals surface area contributed by atoms with Crippen molar-refractivity contribution in [3.63, 3.8) is 0 Å². The predicted molar refractivity (Wildman–Crippen MR) is 117 cm³/mol. The average Bonchev–Trinajstić information content (AvgIpc) is 3.30. The van der Waals surface area contributed by atoms with Crippen LogP contribution in [0.25, 0.3) is 15.9 Å². The number of rotatable bonds is 5.